The third kappa shape index (κ3) is 6.30. The third-order valence-corrected chi connectivity index (χ3v) is 3.87. The Labute approximate surface area is 149 Å². The quantitative estimate of drug-likeness (QED) is 0.815. The zero-order valence-corrected chi connectivity index (χ0v) is 15.0. The van der Waals surface area contributed by atoms with Gasteiger partial charge in [0.15, 0.2) is 0 Å². The number of nitrogens with zero attached hydrogens (tertiary/aromatic N) is 1. The van der Waals surface area contributed by atoms with E-state index in [4.69, 9.17) is 0 Å². The molecular weight excluding hydrogens is 314 g/mol. The fourth-order valence-corrected chi connectivity index (χ4v) is 2.33. The zero-order chi connectivity index (χ0) is 18.2. The predicted molar refractivity (Wildman–Crippen MR) is 102 cm³/mol. The van der Waals surface area contributed by atoms with Gasteiger partial charge in [0.25, 0.3) is 0 Å². The largest absolute Gasteiger partial charge is 0.378 e. The summed E-state index contributed by atoms with van der Waals surface area (Å²) in [7, 11) is 3.92. The number of nitrogens with one attached hydrogen (secondary N) is 2. The lowest BCUT2D eigenvalue weighted by molar-refractivity contribution is -0.124. The average molecular weight is 339 g/mol. The van der Waals surface area contributed by atoms with Gasteiger partial charge in [-0.15, -0.1) is 0 Å². The highest BCUT2D eigenvalue weighted by Gasteiger charge is 2.07. The van der Waals surface area contributed by atoms with Gasteiger partial charge in [0.05, 0.1) is 6.54 Å². The van der Waals surface area contributed by atoms with E-state index in [1.165, 1.54) is 5.56 Å². The summed E-state index contributed by atoms with van der Waals surface area (Å²) in [6, 6.07) is 15.6. The number of aryl methyl sites for hydroxylation is 2. The molecule has 0 saturated heterocycles. The molecule has 0 spiro atoms. The van der Waals surface area contributed by atoms with E-state index in [9.17, 15) is 9.59 Å². The average Bonchev–Trinajstić information content (AvgIpc) is 2.60. The Morgan fingerprint density at radius 1 is 0.920 bits per heavy atom. The Hall–Kier alpha value is -2.82. The molecule has 5 heteroatoms. The number of hydrogen-bond acceptors (Lipinski definition) is 3. The first kappa shape index (κ1) is 18.5. The highest BCUT2D eigenvalue weighted by atomic mass is 16.2. The van der Waals surface area contributed by atoms with Gasteiger partial charge in [-0.1, -0.05) is 29.8 Å². The minimum absolute atomic E-state index is 0.0256. The molecule has 0 aliphatic rings. The number of hydrogen-bond donors (Lipinski definition) is 2. The molecule has 132 valence electrons. The molecule has 2 aromatic rings. The van der Waals surface area contributed by atoms with Crippen molar-refractivity contribution >= 4 is 23.2 Å². The van der Waals surface area contributed by atoms with E-state index in [-0.39, 0.29) is 18.4 Å². The Morgan fingerprint density at radius 3 is 2.16 bits per heavy atom. The molecule has 0 aromatic heterocycles. The molecule has 5 nitrogen and oxygen atoms in total. The van der Waals surface area contributed by atoms with Crippen molar-refractivity contribution in [3.05, 3.63) is 59.7 Å². The Bertz CT molecular complexity index is 707. The lowest BCUT2D eigenvalue weighted by atomic mass is 10.1. The van der Waals surface area contributed by atoms with Crippen molar-refractivity contribution in [1.82, 2.24) is 5.32 Å². The molecule has 0 heterocycles. The Morgan fingerprint density at radius 2 is 1.56 bits per heavy atom. The molecule has 0 fully saturated rings. The maximum atomic E-state index is 11.9. The Balaban J connectivity index is 1.71. The minimum atomic E-state index is -0.235. The maximum Gasteiger partial charge on any atom is 0.243 e. The van der Waals surface area contributed by atoms with Gasteiger partial charge in [-0.3, -0.25) is 9.59 Å². The fraction of sp³-hybridized carbons (Fsp3) is 0.300. The molecule has 0 saturated carbocycles. The first-order chi connectivity index (χ1) is 11.9. The van der Waals surface area contributed by atoms with Crippen LogP contribution in [0.1, 0.15) is 17.5 Å². The van der Waals surface area contributed by atoms with Gasteiger partial charge >= 0.3 is 0 Å². The summed E-state index contributed by atoms with van der Waals surface area (Å²) in [4.78, 5) is 25.8. The van der Waals surface area contributed by atoms with Crippen molar-refractivity contribution in [2.45, 2.75) is 19.8 Å². The van der Waals surface area contributed by atoms with Crippen LogP contribution >= 0.6 is 0 Å². The number of carbonyl (C=O) groups excluding carboxylic acids is 2. The molecule has 2 aromatic carbocycles. The summed E-state index contributed by atoms with van der Waals surface area (Å²) < 4.78 is 0. The van der Waals surface area contributed by atoms with Crippen LogP contribution < -0.4 is 15.5 Å². The molecule has 2 rings (SSSR count). The number of carbonyl (C=O) groups is 2. The summed E-state index contributed by atoms with van der Waals surface area (Å²) in [5.41, 5.74) is 4.08. The van der Waals surface area contributed by atoms with E-state index in [0.717, 1.165) is 11.3 Å². The van der Waals surface area contributed by atoms with E-state index in [1.807, 2.05) is 74.4 Å². The van der Waals surface area contributed by atoms with E-state index in [0.29, 0.717) is 18.5 Å². The van der Waals surface area contributed by atoms with Gasteiger partial charge in [0, 0.05) is 31.9 Å². The summed E-state index contributed by atoms with van der Waals surface area (Å²) >= 11 is 0. The monoisotopic (exact) mass is 339 g/mol. The number of rotatable bonds is 7. The predicted octanol–water partition coefficient (Wildman–Crippen LogP) is 2.75. The topological polar surface area (TPSA) is 61.4 Å². The summed E-state index contributed by atoms with van der Waals surface area (Å²) in [5.74, 6) is -0.361. The summed E-state index contributed by atoms with van der Waals surface area (Å²) in [6.45, 7) is 2.01. The van der Waals surface area contributed by atoms with Gasteiger partial charge in [-0.2, -0.15) is 0 Å². The van der Waals surface area contributed by atoms with E-state index in [1.54, 1.807) is 0 Å². The van der Waals surface area contributed by atoms with Crippen LogP contribution in [0.2, 0.25) is 0 Å². The first-order valence-corrected chi connectivity index (χ1v) is 8.33. The van der Waals surface area contributed by atoms with Crippen LogP contribution in [0.3, 0.4) is 0 Å². The van der Waals surface area contributed by atoms with Crippen LogP contribution in [-0.2, 0) is 16.0 Å². The normalized spacial score (nSPS) is 10.2. The van der Waals surface area contributed by atoms with Crippen molar-refractivity contribution in [3.63, 3.8) is 0 Å². The summed E-state index contributed by atoms with van der Waals surface area (Å²) in [6.07, 6.45) is 1.04. The molecular formula is C20H25N3O2. The van der Waals surface area contributed by atoms with Crippen LogP contribution in [0.25, 0.3) is 0 Å². The summed E-state index contributed by atoms with van der Waals surface area (Å²) in [5, 5.41) is 5.43. The standard InChI is InChI=1S/C20H25N3O2/c1-15-4-6-16(7-5-15)8-13-19(24)21-14-20(25)22-17-9-11-18(12-10-17)23(2)3/h4-7,9-12H,8,13-14H2,1-3H3,(H,21,24)(H,22,25). The van der Waals surface area contributed by atoms with E-state index in [2.05, 4.69) is 10.6 Å². The van der Waals surface area contributed by atoms with E-state index >= 15 is 0 Å². The van der Waals surface area contributed by atoms with Crippen molar-refractivity contribution in [1.29, 1.82) is 0 Å². The van der Waals surface area contributed by atoms with Gasteiger partial charge in [0.2, 0.25) is 11.8 Å². The second-order valence-corrected chi connectivity index (χ2v) is 6.25. The first-order valence-electron chi connectivity index (χ1n) is 8.33. The van der Waals surface area contributed by atoms with Crippen LogP contribution in [0, 0.1) is 6.92 Å². The second-order valence-electron chi connectivity index (χ2n) is 6.25. The van der Waals surface area contributed by atoms with Crippen molar-refractivity contribution < 1.29 is 9.59 Å². The molecule has 0 aliphatic heterocycles. The SMILES string of the molecule is Cc1ccc(CCC(=O)NCC(=O)Nc2ccc(N(C)C)cc2)cc1. The minimum Gasteiger partial charge on any atom is -0.378 e. The maximum absolute atomic E-state index is 11.9. The lowest BCUT2D eigenvalue weighted by Gasteiger charge is -2.13. The van der Waals surface area contributed by atoms with Crippen molar-refractivity contribution in [2.24, 2.45) is 0 Å². The molecule has 2 N–H and O–H groups in total. The highest BCUT2D eigenvalue weighted by Crippen LogP contribution is 2.15. The van der Waals surface area contributed by atoms with Gasteiger partial charge < -0.3 is 15.5 Å². The second kappa shape index (κ2) is 8.87. The van der Waals surface area contributed by atoms with Crippen molar-refractivity contribution in [3.8, 4) is 0 Å². The molecule has 2 amide bonds. The van der Waals surface area contributed by atoms with Crippen LogP contribution in [0.5, 0.6) is 0 Å². The number of amides is 2. The smallest absolute Gasteiger partial charge is 0.243 e. The molecule has 25 heavy (non-hydrogen) atoms. The molecule has 0 atom stereocenters. The number of benzene rings is 2. The van der Waals surface area contributed by atoms with Gasteiger partial charge in [0.1, 0.15) is 0 Å². The lowest BCUT2D eigenvalue weighted by Crippen LogP contribution is -2.32. The molecule has 0 aliphatic carbocycles. The zero-order valence-electron chi connectivity index (χ0n) is 15.0. The highest BCUT2D eigenvalue weighted by molar-refractivity contribution is 5.94. The van der Waals surface area contributed by atoms with Gasteiger partial charge in [-0.25, -0.2) is 0 Å². The third-order valence-electron chi connectivity index (χ3n) is 3.87. The van der Waals surface area contributed by atoms with Crippen LogP contribution in [0.4, 0.5) is 11.4 Å². The molecule has 0 radical (unpaired) electrons. The van der Waals surface area contributed by atoms with Crippen LogP contribution in [-0.4, -0.2) is 32.5 Å². The number of anilines is 2. The van der Waals surface area contributed by atoms with Crippen molar-refractivity contribution in [2.75, 3.05) is 30.9 Å². The molecule has 0 bridgehead atoms. The van der Waals surface area contributed by atoms with E-state index < -0.39 is 0 Å². The van der Waals surface area contributed by atoms with Crippen LogP contribution in [0.15, 0.2) is 48.5 Å². The fourth-order valence-electron chi connectivity index (χ4n) is 2.33. The molecule has 0 unspecified atom stereocenters. The van der Waals surface area contributed by atoms with Gasteiger partial charge in [-0.05, 0) is 43.2 Å². The Kier molecular flexibility index (Phi) is 6.57.